The van der Waals surface area contributed by atoms with E-state index in [0.717, 1.165) is 47.5 Å². The summed E-state index contributed by atoms with van der Waals surface area (Å²) in [5, 5.41) is 4.79. The molecule has 1 fully saturated rings. The predicted octanol–water partition coefficient (Wildman–Crippen LogP) is 3.59. The fourth-order valence-electron chi connectivity index (χ4n) is 4.07. The van der Waals surface area contributed by atoms with Gasteiger partial charge in [-0.15, -0.1) is 0 Å². The number of nitrogens with zero attached hydrogens (tertiary/aromatic N) is 3. The van der Waals surface area contributed by atoms with Crippen molar-refractivity contribution in [2.45, 2.75) is 59.6 Å². The van der Waals surface area contributed by atoms with Crippen molar-refractivity contribution in [1.29, 1.82) is 0 Å². The zero-order valence-corrected chi connectivity index (χ0v) is 18.3. The van der Waals surface area contributed by atoms with Crippen molar-refractivity contribution in [1.82, 2.24) is 14.7 Å². The molecule has 8 nitrogen and oxygen atoms in total. The van der Waals surface area contributed by atoms with Crippen molar-refractivity contribution in [3.05, 3.63) is 28.8 Å². The fraction of sp³-hybridized carbons (Fsp3) is 0.591. The van der Waals surface area contributed by atoms with E-state index in [1.165, 1.54) is 0 Å². The Balaban J connectivity index is 1.45. The number of carbonyl (C=O) groups excluding carboxylic acids is 2. The minimum atomic E-state index is -0.480. The Kier molecular flexibility index (Phi) is 5.11. The standard InChI is InChI=1S/C22H29N3O5/c1-6-28-20(26)19-13(2)17-16(29-19)8-7-15-12-25(23-18(15)17)11-14-9-24(10-14)21(27)30-22(3,4)5/h12,14H,6-11H2,1-5H3. The zero-order valence-electron chi connectivity index (χ0n) is 18.3. The lowest BCUT2D eigenvalue weighted by molar-refractivity contribution is -0.00384. The number of carbonyl (C=O) groups is 2. The van der Waals surface area contributed by atoms with Crippen LogP contribution in [0.5, 0.6) is 0 Å². The van der Waals surface area contributed by atoms with Crippen molar-refractivity contribution in [2.75, 3.05) is 19.7 Å². The Morgan fingerprint density at radius 1 is 1.27 bits per heavy atom. The van der Waals surface area contributed by atoms with Gasteiger partial charge in [0, 0.05) is 49.3 Å². The second-order valence-electron chi connectivity index (χ2n) is 9.05. The summed E-state index contributed by atoms with van der Waals surface area (Å²) in [6.45, 7) is 11.7. The first-order chi connectivity index (χ1) is 14.2. The van der Waals surface area contributed by atoms with Crippen LogP contribution in [0.15, 0.2) is 10.6 Å². The first kappa shape index (κ1) is 20.5. The summed E-state index contributed by atoms with van der Waals surface area (Å²) in [7, 11) is 0. The number of hydrogen-bond donors (Lipinski definition) is 0. The molecule has 8 heteroatoms. The van der Waals surface area contributed by atoms with Gasteiger partial charge < -0.3 is 18.8 Å². The maximum Gasteiger partial charge on any atom is 0.410 e. The van der Waals surface area contributed by atoms with Crippen LogP contribution in [0.4, 0.5) is 4.79 Å². The smallest absolute Gasteiger partial charge is 0.410 e. The summed E-state index contributed by atoms with van der Waals surface area (Å²) >= 11 is 0. The molecule has 30 heavy (non-hydrogen) atoms. The van der Waals surface area contributed by atoms with Gasteiger partial charge in [0.05, 0.1) is 12.3 Å². The molecular formula is C22H29N3O5. The summed E-state index contributed by atoms with van der Waals surface area (Å²) in [6.07, 6.45) is 3.38. The third-order valence-corrected chi connectivity index (χ3v) is 5.43. The molecule has 1 saturated heterocycles. The van der Waals surface area contributed by atoms with Gasteiger partial charge >= 0.3 is 12.1 Å². The highest BCUT2D eigenvalue weighted by Crippen LogP contribution is 2.38. The number of likely N-dealkylation sites (tertiary alicyclic amines) is 1. The topological polar surface area (TPSA) is 86.8 Å². The van der Waals surface area contributed by atoms with E-state index < -0.39 is 11.6 Å². The van der Waals surface area contributed by atoms with Crippen molar-refractivity contribution < 1.29 is 23.5 Å². The van der Waals surface area contributed by atoms with Gasteiger partial charge in [-0.1, -0.05) is 0 Å². The number of rotatable bonds is 4. The molecule has 0 atom stereocenters. The van der Waals surface area contributed by atoms with Crippen LogP contribution in [0.1, 0.15) is 55.1 Å². The quantitative estimate of drug-likeness (QED) is 0.709. The molecule has 3 heterocycles. The number of hydrogen-bond acceptors (Lipinski definition) is 6. The minimum Gasteiger partial charge on any atom is -0.460 e. The van der Waals surface area contributed by atoms with Crippen molar-refractivity contribution in [2.24, 2.45) is 5.92 Å². The predicted molar refractivity (Wildman–Crippen MR) is 109 cm³/mol. The molecule has 0 radical (unpaired) electrons. The molecule has 162 valence electrons. The molecule has 0 bridgehead atoms. The van der Waals surface area contributed by atoms with Crippen molar-refractivity contribution >= 4 is 12.1 Å². The molecule has 0 N–H and O–H groups in total. The van der Waals surface area contributed by atoms with Crippen LogP contribution in [0.3, 0.4) is 0 Å². The Bertz CT molecular complexity index is 976. The second-order valence-corrected chi connectivity index (χ2v) is 9.05. The Hall–Kier alpha value is -2.77. The lowest BCUT2D eigenvalue weighted by atomic mass is 9.94. The third kappa shape index (κ3) is 3.82. The lowest BCUT2D eigenvalue weighted by Crippen LogP contribution is -2.52. The van der Waals surface area contributed by atoms with Crippen LogP contribution in [0, 0.1) is 12.8 Å². The van der Waals surface area contributed by atoms with Gasteiger partial charge in [-0.05, 0) is 46.6 Å². The first-order valence-corrected chi connectivity index (χ1v) is 10.5. The van der Waals surface area contributed by atoms with Gasteiger partial charge in [-0.2, -0.15) is 5.10 Å². The van der Waals surface area contributed by atoms with Crippen LogP contribution in [-0.4, -0.2) is 52.0 Å². The molecule has 2 aliphatic rings. The summed E-state index contributed by atoms with van der Waals surface area (Å²) in [4.78, 5) is 26.0. The van der Waals surface area contributed by atoms with Crippen molar-refractivity contribution in [3.8, 4) is 11.3 Å². The first-order valence-electron chi connectivity index (χ1n) is 10.5. The second kappa shape index (κ2) is 7.49. The molecular weight excluding hydrogens is 386 g/mol. The van der Waals surface area contributed by atoms with Gasteiger partial charge in [0.15, 0.2) is 0 Å². The summed E-state index contributed by atoms with van der Waals surface area (Å²) in [6, 6.07) is 0. The van der Waals surface area contributed by atoms with Gasteiger partial charge in [0.2, 0.25) is 5.76 Å². The molecule has 0 aromatic carbocycles. The average molecular weight is 415 g/mol. The Morgan fingerprint density at radius 2 is 2.00 bits per heavy atom. The number of fused-ring (bicyclic) bond motifs is 3. The molecule has 1 amide bonds. The zero-order chi connectivity index (χ0) is 21.6. The monoisotopic (exact) mass is 415 g/mol. The normalized spacial score (nSPS) is 16.0. The van der Waals surface area contributed by atoms with Crippen LogP contribution in [-0.2, 0) is 28.9 Å². The maximum atomic E-state index is 12.2. The highest BCUT2D eigenvalue weighted by atomic mass is 16.6. The van der Waals surface area contributed by atoms with Crippen molar-refractivity contribution in [3.63, 3.8) is 0 Å². The van der Waals surface area contributed by atoms with Gasteiger partial charge in [0.25, 0.3) is 0 Å². The van der Waals surface area contributed by atoms with Gasteiger partial charge in [-0.3, -0.25) is 4.68 Å². The number of aromatic nitrogens is 2. The largest absolute Gasteiger partial charge is 0.460 e. The van der Waals surface area contributed by atoms with E-state index >= 15 is 0 Å². The van der Waals surface area contributed by atoms with Gasteiger partial charge in [-0.25, -0.2) is 9.59 Å². The Morgan fingerprint density at radius 3 is 2.67 bits per heavy atom. The van der Waals surface area contributed by atoms with Gasteiger partial charge in [0.1, 0.15) is 11.4 Å². The van der Waals surface area contributed by atoms with Crippen LogP contribution < -0.4 is 0 Å². The van der Waals surface area contributed by atoms with Crippen LogP contribution in [0.25, 0.3) is 11.3 Å². The van der Waals surface area contributed by atoms with E-state index in [4.69, 9.17) is 19.0 Å². The number of furan rings is 1. The molecule has 2 aromatic rings. The Labute approximate surface area is 176 Å². The minimum absolute atomic E-state index is 0.260. The SMILES string of the molecule is CCOC(=O)c1oc2c(c1C)-c1nn(CC3CN(C(=O)OC(C)(C)C)C3)cc1CC2. The summed E-state index contributed by atoms with van der Waals surface area (Å²) in [5.41, 5.74) is 3.27. The number of aryl methyl sites for hydroxylation is 2. The van der Waals surface area contributed by atoms with E-state index in [-0.39, 0.29) is 11.9 Å². The summed E-state index contributed by atoms with van der Waals surface area (Å²) in [5.74, 6) is 0.991. The summed E-state index contributed by atoms with van der Waals surface area (Å²) < 4.78 is 18.3. The maximum absolute atomic E-state index is 12.2. The fourth-order valence-corrected chi connectivity index (χ4v) is 4.07. The number of esters is 1. The van der Waals surface area contributed by atoms with Crippen LogP contribution in [0.2, 0.25) is 0 Å². The lowest BCUT2D eigenvalue weighted by Gasteiger charge is -2.39. The van der Waals surface area contributed by atoms with E-state index in [1.54, 1.807) is 11.8 Å². The highest BCUT2D eigenvalue weighted by molar-refractivity contribution is 5.91. The third-order valence-electron chi connectivity index (χ3n) is 5.43. The van der Waals surface area contributed by atoms with E-state index in [0.29, 0.717) is 25.6 Å². The average Bonchev–Trinajstić information content (AvgIpc) is 3.16. The molecule has 4 rings (SSSR count). The van der Waals surface area contributed by atoms with E-state index in [1.807, 2.05) is 32.4 Å². The molecule has 0 saturated carbocycles. The molecule has 2 aromatic heterocycles. The van der Waals surface area contributed by atoms with Crippen LogP contribution >= 0.6 is 0 Å². The molecule has 1 aliphatic heterocycles. The number of amides is 1. The molecule has 1 aliphatic carbocycles. The molecule has 0 unspecified atom stereocenters. The molecule has 0 spiro atoms. The van der Waals surface area contributed by atoms with E-state index in [9.17, 15) is 9.59 Å². The van der Waals surface area contributed by atoms with E-state index in [2.05, 4.69) is 6.20 Å². The highest BCUT2D eigenvalue weighted by Gasteiger charge is 2.35. The number of ether oxygens (including phenoxy) is 2.